The van der Waals surface area contributed by atoms with Gasteiger partial charge in [0.25, 0.3) is 0 Å². The molecule has 1 heterocycles. The van der Waals surface area contributed by atoms with Gasteiger partial charge >= 0.3 is 0 Å². The molecular formula is C5H10O4S. The Morgan fingerprint density at radius 2 is 2.10 bits per heavy atom. The molecule has 0 radical (unpaired) electrons. The summed E-state index contributed by atoms with van der Waals surface area (Å²) < 4.78 is 26.3. The first kappa shape index (κ1) is 7.97. The molecule has 4 nitrogen and oxygen atoms in total. The third-order valence-corrected chi connectivity index (χ3v) is 3.26. The van der Waals surface area contributed by atoms with Gasteiger partial charge in [0.2, 0.25) is 0 Å². The number of hydrogen-bond donors (Lipinski definition) is 1. The Hall–Kier alpha value is -0.130. The predicted octanol–water partition coefficient (Wildman–Crippen LogP) is -1.21. The van der Waals surface area contributed by atoms with Gasteiger partial charge in [-0.1, -0.05) is 0 Å². The van der Waals surface area contributed by atoms with Crippen molar-refractivity contribution in [2.45, 2.75) is 12.2 Å². The van der Waals surface area contributed by atoms with Crippen molar-refractivity contribution in [3.8, 4) is 0 Å². The minimum Gasteiger partial charge on any atom is -0.389 e. The first-order valence-corrected chi connectivity index (χ1v) is 4.78. The smallest absolute Gasteiger partial charge is 0.155 e. The van der Waals surface area contributed by atoms with E-state index in [1.54, 1.807) is 0 Å². The summed E-state index contributed by atoms with van der Waals surface area (Å²) in [4.78, 5) is 0. The van der Waals surface area contributed by atoms with Crippen LogP contribution in [-0.2, 0) is 14.6 Å². The average molecular weight is 166 g/mol. The average Bonchev–Trinajstić information content (AvgIpc) is 2.05. The standard InChI is InChI=1S/C5H10O4S/c1-9-5-3-10(7,8)2-4(5)6/h4-6H,2-3H2,1H3/t4-,5+/m1/s1. The van der Waals surface area contributed by atoms with Gasteiger partial charge < -0.3 is 9.84 Å². The highest BCUT2D eigenvalue weighted by atomic mass is 32.2. The van der Waals surface area contributed by atoms with Crippen LogP contribution in [0.4, 0.5) is 0 Å². The first-order chi connectivity index (χ1) is 4.55. The second-order valence-corrected chi connectivity index (χ2v) is 4.57. The van der Waals surface area contributed by atoms with Crippen molar-refractivity contribution >= 4 is 9.84 Å². The minimum absolute atomic E-state index is 0.0509. The highest BCUT2D eigenvalue weighted by Crippen LogP contribution is 2.14. The van der Waals surface area contributed by atoms with Gasteiger partial charge in [0.05, 0.1) is 23.7 Å². The van der Waals surface area contributed by atoms with Crippen molar-refractivity contribution in [2.24, 2.45) is 0 Å². The number of hydrogen-bond acceptors (Lipinski definition) is 4. The molecule has 5 heteroatoms. The van der Waals surface area contributed by atoms with Gasteiger partial charge in [-0.25, -0.2) is 8.42 Å². The molecule has 10 heavy (non-hydrogen) atoms. The summed E-state index contributed by atoms with van der Waals surface area (Å²) >= 11 is 0. The van der Waals surface area contributed by atoms with E-state index in [9.17, 15) is 8.42 Å². The van der Waals surface area contributed by atoms with E-state index in [1.807, 2.05) is 0 Å². The fraction of sp³-hybridized carbons (Fsp3) is 1.00. The van der Waals surface area contributed by atoms with Crippen molar-refractivity contribution in [3.63, 3.8) is 0 Å². The Morgan fingerprint density at radius 3 is 2.30 bits per heavy atom. The SMILES string of the molecule is CO[C@H]1CS(=O)(=O)C[C@H]1O. The molecule has 1 N–H and O–H groups in total. The third kappa shape index (κ3) is 1.47. The molecule has 1 saturated heterocycles. The lowest BCUT2D eigenvalue weighted by Crippen LogP contribution is -2.25. The lowest BCUT2D eigenvalue weighted by molar-refractivity contribution is 0.0218. The van der Waals surface area contributed by atoms with Crippen molar-refractivity contribution in [1.82, 2.24) is 0 Å². The van der Waals surface area contributed by atoms with Crippen LogP contribution in [0, 0.1) is 0 Å². The van der Waals surface area contributed by atoms with Crippen molar-refractivity contribution in [1.29, 1.82) is 0 Å². The van der Waals surface area contributed by atoms with Crippen molar-refractivity contribution < 1.29 is 18.3 Å². The highest BCUT2D eigenvalue weighted by Gasteiger charge is 2.36. The molecule has 1 fully saturated rings. The summed E-state index contributed by atoms with van der Waals surface area (Å²) in [7, 11) is -1.63. The van der Waals surface area contributed by atoms with E-state index >= 15 is 0 Å². The maximum absolute atomic E-state index is 10.8. The van der Waals surface area contributed by atoms with Gasteiger partial charge in [0, 0.05) is 7.11 Å². The molecule has 0 aromatic rings. The zero-order chi connectivity index (χ0) is 7.78. The minimum atomic E-state index is -3.03. The highest BCUT2D eigenvalue weighted by molar-refractivity contribution is 7.91. The fourth-order valence-corrected chi connectivity index (χ4v) is 2.75. The monoisotopic (exact) mass is 166 g/mol. The molecule has 0 aromatic carbocycles. The summed E-state index contributed by atoms with van der Waals surface area (Å²) in [6.45, 7) is 0. The number of aliphatic hydroxyl groups excluding tert-OH is 1. The van der Waals surface area contributed by atoms with Gasteiger partial charge in [-0.05, 0) is 0 Å². The Bertz CT molecular complexity index is 208. The Morgan fingerprint density at radius 1 is 1.50 bits per heavy atom. The van der Waals surface area contributed by atoms with E-state index < -0.39 is 22.0 Å². The van der Waals surface area contributed by atoms with Crippen LogP contribution in [0.15, 0.2) is 0 Å². The number of sulfone groups is 1. The van der Waals surface area contributed by atoms with E-state index in [0.717, 1.165) is 0 Å². The van der Waals surface area contributed by atoms with Crippen LogP contribution in [0.2, 0.25) is 0 Å². The van der Waals surface area contributed by atoms with Gasteiger partial charge in [-0.15, -0.1) is 0 Å². The Kier molecular flexibility index (Phi) is 1.98. The van der Waals surface area contributed by atoms with Crippen LogP contribution in [-0.4, -0.2) is 44.3 Å². The first-order valence-electron chi connectivity index (χ1n) is 2.96. The molecule has 0 aliphatic carbocycles. The predicted molar refractivity (Wildman–Crippen MR) is 35.5 cm³/mol. The molecule has 0 bridgehead atoms. The summed E-state index contributed by atoms with van der Waals surface area (Å²) in [5, 5.41) is 9.02. The lowest BCUT2D eigenvalue weighted by Gasteiger charge is -2.08. The molecule has 60 valence electrons. The molecule has 1 rings (SSSR count). The fourth-order valence-electron chi connectivity index (χ4n) is 1.02. The van der Waals surface area contributed by atoms with Crippen LogP contribution < -0.4 is 0 Å². The summed E-state index contributed by atoms with van der Waals surface area (Å²) in [5.74, 6) is -0.212. The van der Waals surface area contributed by atoms with E-state index in [4.69, 9.17) is 9.84 Å². The van der Waals surface area contributed by atoms with E-state index in [0.29, 0.717) is 0 Å². The van der Waals surface area contributed by atoms with Crippen LogP contribution in [0.3, 0.4) is 0 Å². The molecule has 0 aromatic heterocycles. The largest absolute Gasteiger partial charge is 0.389 e. The van der Waals surface area contributed by atoms with Crippen molar-refractivity contribution in [3.05, 3.63) is 0 Å². The molecular weight excluding hydrogens is 156 g/mol. The van der Waals surface area contributed by atoms with Gasteiger partial charge in [0.15, 0.2) is 9.84 Å². The summed E-state index contributed by atoms with van der Waals surface area (Å²) in [6.07, 6.45) is -1.36. The summed E-state index contributed by atoms with van der Waals surface area (Å²) in [5.41, 5.74) is 0. The van der Waals surface area contributed by atoms with E-state index in [2.05, 4.69) is 0 Å². The Labute approximate surface area is 59.7 Å². The number of aliphatic hydroxyl groups is 1. The maximum Gasteiger partial charge on any atom is 0.155 e. The number of methoxy groups -OCH3 is 1. The molecule has 0 amide bonds. The number of rotatable bonds is 1. The quantitative estimate of drug-likeness (QED) is 0.531. The van der Waals surface area contributed by atoms with Crippen LogP contribution in [0.1, 0.15) is 0 Å². The van der Waals surface area contributed by atoms with E-state index in [1.165, 1.54) is 7.11 Å². The molecule has 2 atom stereocenters. The second-order valence-electron chi connectivity index (χ2n) is 2.42. The third-order valence-electron chi connectivity index (χ3n) is 1.57. The zero-order valence-corrected chi connectivity index (χ0v) is 6.47. The molecule has 0 spiro atoms. The molecule has 0 unspecified atom stereocenters. The molecule has 1 aliphatic rings. The van der Waals surface area contributed by atoms with Gasteiger partial charge in [0.1, 0.15) is 0 Å². The Balaban J connectivity index is 2.71. The maximum atomic E-state index is 10.8. The number of ether oxygens (including phenoxy) is 1. The van der Waals surface area contributed by atoms with Crippen LogP contribution in [0.5, 0.6) is 0 Å². The van der Waals surface area contributed by atoms with Crippen LogP contribution >= 0.6 is 0 Å². The van der Waals surface area contributed by atoms with Gasteiger partial charge in [-0.2, -0.15) is 0 Å². The normalized spacial score (nSPS) is 38.2. The van der Waals surface area contributed by atoms with E-state index in [-0.39, 0.29) is 11.5 Å². The lowest BCUT2D eigenvalue weighted by atomic mass is 10.3. The summed E-state index contributed by atoms with van der Waals surface area (Å²) in [6, 6.07) is 0. The second kappa shape index (κ2) is 2.48. The van der Waals surface area contributed by atoms with Gasteiger partial charge in [-0.3, -0.25) is 0 Å². The molecule has 1 aliphatic heterocycles. The van der Waals surface area contributed by atoms with Crippen LogP contribution in [0.25, 0.3) is 0 Å². The molecule has 0 saturated carbocycles. The van der Waals surface area contributed by atoms with Crippen molar-refractivity contribution in [2.75, 3.05) is 18.6 Å². The topological polar surface area (TPSA) is 63.6 Å². The zero-order valence-electron chi connectivity index (χ0n) is 5.65.